The lowest BCUT2D eigenvalue weighted by atomic mass is 10.1. The monoisotopic (exact) mass is 356 g/mol. The van der Waals surface area contributed by atoms with Gasteiger partial charge in [-0.25, -0.2) is 8.42 Å². The number of hydrogen-bond donors (Lipinski definition) is 1. The Hall–Kier alpha value is -0.830. The molecule has 2 rings (SSSR count). The minimum Gasteiger partial charge on any atom is -0.330 e. The summed E-state index contributed by atoms with van der Waals surface area (Å²) in [5, 5.41) is -0.226. The topological polar surface area (TPSA) is 63.4 Å². The van der Waals surface area contributed by atoms with Gasteiger partial charge in [0.05, 0.1) is 10.6 Å². The van der Waals surface area contributed by atoms with E-state index < -0.39 is 26.7 Å². The average molecular weight is 357 g/mol. The van der Waals surface area contributed by atoms with Crippen molar-refractivity contribution in [2.45, 2.75) is 30.5 Å². The summed E-state index contributed by atoms with van der Waals surface area (Å²) in [4.78, 5) is -0.520. The van der Waals surface area contributed by atoms with E-state index in [1.54, 1.807) is 6.92 Å². The van der Waals surface area contributed by atoms with E-state index in [1.807, 2.05) is 0 Å². The molecule has 124 valence electrons. The summed E-state index contributed by atoms with van der Waals surface area (Å²) in [6.07, 6.45) is -4.06. The van der Waals surface area contributed by atoms with Crippen LogP contribution in [0.1, 0.15) is 18.9 Å². The summed E-state index contributed by atoms with van der Waals surface area (Å²) in [6, 6.07) is 1.97. The first-order valence-electron chi connectivity index (χ1n) is 6.66. The Morgan fingerprint density at radius 2 is 2.05 bits per heavy atom. The average Bonchev–Trinajstić information content (AvgIpc) is 2.79. The fourth-order valence-electron chi connectivity index (χ4n) is 2.62. The van der Waals surface area contributed by atoms with Crippen LogP contribution in [-0.4, -0.2) is 31.9 Å². The number of rotatable bonds is 3. The van der Waals surface area contributed by atoms with Crippen LogP contribution in [0.3, 0.4) is 0 Å². The molecule has 1 heterocycles. The standard InChI is InChI=1S/C13H16ClF3N2O2S/c1-8-4-9(6-18)7-19(8)22(20,21)12-5-10(13(15,16)17)2-3-11(12)14/h2-3,5,8-9H,4,6-7,18H2,1H3. The van der Waals surface area contributed by atoms with Crippen molar-refractivity contribution in [2.75, 3.05) is 13.1 Å². The molecule has 1 aliphatic heterocycles. The van der Waals surface area contributed by atoms with Crippen LogP contribution in [0.15, 0.2) is 23.1 Å². The van der Waals surface area contributed by atoms with E-state index in [1.165, 1.54) is 4.31 Å². The minimum absolute atomic E-state index is 0.00523. The predicted molar refractivity (Wildman–Crippen MR) is 77.0 cm³/mol. The van der Waals surface area contributed by atoms with Gasteiger partial charge in [-0.3, -0.25) is 0 Å². The highest BCUT2D eigenvalue weighted by atomic mass is 35.5. The second-order valence-electron chi connectivity index (χ2n) is 5.40. The van der Waals surface area contributed by atoms with Gasteiger partial charge in [-0.2, -0.15) is 17.5 Å². The van der Waals surface area contributed by atoms with Crippen molar-refractivity contribution in [2.24, 2.45) is 11.7 Å². The van der Waals surface area contributed by atoms with Crippen molar-refractivity contribution in [1.29, 1.82) is 0 Å². The Labute approximate surface area is 132 Å². The van der Waals surface area contributed by atoms with E-state index in [0.717, 1.165) is 12.1 Å². The molecule has 22 heavy (non-hydrogen) atoms. The number of nitrogens with two attached hydrogens (primary N) is 1. The zero-order chi connectivity index (χ0) is 16.7. The van der Waals surface area contributed by atoms with Gasteiger partial charge in [0.2, 0.25) is 10.0 Å². The Bertz CT molecular complexity index is 664. The molecule has 4 nitrogen and oxygen atoms in total. The van der Waals surface area contributed by atoms with Crippen molar-refractivity contribution in [3.05, 3.63) is 28.8 Å². The molecule has 0 aliphatic carbocycles. The van der Waals surface area contributed by atoms with E-state index in [4.69, 9.17) is 17.3 Å². The van der Waals surface area contributed by atoms with Crippen molar-refractivity contribution in [3.63, 3.8) is 0 Å². The van der Waals surface area contributed by atoms with Crippen molar-refractivity contribution >= 4 is 21.6 Å². The van der Waals surface area contributed by atoms with Crippen LogP contribution >= 0.6 is 11.6 Å². The molecule has 0 radical (unpaired) electrons. The maximum atomic E-state index is 12.8. The van der Waals surface area contributed by atoms with Crippen LogP contribution in [0.2, 0.25) is 5.02 Å². The van der Waals surface area contributed by atoms with Crippen LogP contribution in [0.25, 0.3) is 0 Å². The molecule has 1 aromatic rings. The number of alkyl halides is 3. The van der Waals surface area contributed by atoms with Gasteiger partial charge in [0.15, 0.2) is 0 Å². The van der Waals surface area contributed by atoms with Gasteiger partial charge in [0, 0.05) is 12.6 Å². The summed E-state index contributed by atoms with van der Waals surface area (Å²) in [7, 11) is -4.10. The number of benzene rings is 1. The number of nitrogens with zero attached hydrogens (tertiary/aromatic N) is 1. The van der Waals surface area contributed by atoms with E-state index in [0.29, 0.717) is 19.0 Å². The van der Waals surface area contributed by atoms with Crippen LogP contribution in [0.5, 0.6) is 0 Å². The highest BCUT2D eigenvalue weighted by Crippen LogP contribution is 2.36. The first kappa shape index (κ1) is 17.5. The second kappa shape index (κ2) is 5.99. The van der Waals surface area contributed by atoms with Gasteiger partial charge in [-0.1, -0.05) is 11.6 Å². The van der Waals surface area contributed by atoms with Gasteiger partial charge < -0.3 is 5.73 Å². The van der Waals surface area contributed by atoms with Crippen LogP contribution in [0.4, 0.5) is 13.2 Å². The maximum absolute atomic E-state index is 12.8. The third kappa shape index (κ3) is 3.24. The Morgan fingerprint density at radius 3 is 2.55 bits per heavy atom. The first-order chi connectivity index (χ1) is 10.1. The molecule has 2 unspecified atom stereocenters. The van der Waals surface area contributed by atoms with E-state index in [2.05, 4.69) is 0 Å². The SMILES string of the molecule is CC1CC(CN)CN1S(=O)(=O)c1cc(C(F)(F)F)ccc1Cl. The molecule has 2 atom stereocenters. The summed E-state index contributed by atoms with van der Waals surface area (Å²) in [5.74, 6) is -0.00523. The highest BCUT2D eigenvalue weighted by molar-refractivity contribution is 7.89. The fourth-order valence-corrected chi connectivity index (χ4v) is 4.84. The lowest BCUT2D eigenvalue weighted by Gasteiger charge is -2.22. The molecule has 1 fully saturated rings. The van der Waals surface area contributed by atoms with E-state index >= 15 is 0 Å². The molecule has 2 N–H and O–H groups in total. The van der Waals surface area contributed by atoms with Crippen molar-refractivity contribution in [3.8, 4) is 0 Å². The fraction of sp³-hybridized carbons (Fsp3) is 0.538. The molecule has 1 aromatic carbocycles. The second-order valence-corrected chi connectivity index (χ2v) is 7.67. The van der Waals surface area contributed by atoms with E-state index in [9.17, 15) is 21.6 Å². The number of halogens is 4. The van der Waals surface area contributed by atoms with Crippen LogP contribution in [-0.2, 0) is 16.2 Å². The summed E-state index contributed by atoms with van der Waals surface area (Å²) in [5.41, 5.74) is 4.51. The maximum Gasteiger partial charge on any atom is 0.416 e. The largest absolute Gasteiger partial charge is 0.416 e. The quantitative estimate of drug-likeness (QED) is 0.905. The highest BCUT2D eigenvalue weighted by Gasteiger charge is 2.39. The van der Waals surface area contributed by atoms with Crippen molar-refractivity contribution < 1.29 is 21.6 Å². The van der Waals surface area contributed by atoms with Gasteiger partial charge in [0.1, 0.15) is 4.90 Å². The molecule has 0 spiro atoms. The Balaban J connectivity index is 2.46. The number of hydrogen-bond acceptors (Lipinski definition) is 3. The molecule has 0 amide bonds. The van der Waals surface area contributed by atoms with Crippen LogP contribution in [0, 0.1) is 5.92 Å². The molecule has 0 bridgehead atoms. The van der Waals surface area contributed by atoms with Crippen molar-refractivity contribution in [1.82, 2.24) is 4.31 Å². The predicted octanol–water partition coefficient (Wildman–Crippen LogP) is 2.72. The number of sulfonamides is 1. The summed E-state index contributed by atoms with van der Waals surface area (Å²) in [6.45, 7) is 2.22. The lowest BCUT2D eigenvalue weighted by molar-refractivity contribution is -0.137. The normalized spacial score (nSPS) is 23.9. The molecule has 0 saturated carbocycles. The molecular formula is C13H16ClF3N2O2S. The minimum atomic E-state index is -4.63. The molecule has 9 heteroatoms. The summed E-state index contributed by atoms with van der Waals surface area (Å²) >= 11 is 5.83. The smallest absolute Gasteiger partial charge is 0.330 e. The molecular weight excluding hydrogens is 341 g/mol. The Morgan fingerprint density at radius 1 is 1.41 bits per heavy atom. The van der Waals surface area contributed by atoms with E-state index in [-0.39, 0.29) is 23.5 Å². The molecule has 0 aromatic heterocycles. The van der Waals surface area contributed by atoms with Crippen LogP contribution < -0.4 is 5.73 Å². The van der Waals surface area contributed by atoms with Gasteiger partial charge in [0.25, 0.3) is 0 Å². The lowest BCUT2D eigenvalue weighted by Crippen LogP contribution is -2.34. The first-order valence-corrected chi connectivity index (χ1v) is 8.48. The Kier molecular flexibility index (Phi) is 4.77. The third-order valence-electron chi connectivity index (χ3n) is 3.78. The molecule has 1 saturated heterocycles. The third-order valence-corrected chi connectivity index (χ3v) is 6.24. The molecule has 1 aliphatic rings. The zero-order valence-corrected chi connectivity index (χ0v) is 13.3. The summed E-state index contributed by atoms with van der Waals surface area (Å²) < 4.78 is 64.8. The van der Waals surface area contributed by atoms with Gasteiger partial charge >= 0.3 is 6.18 Å². The zero-order valence-electron chi connectivity index (χ0n) is 11.8. The van der Waals surface area contributed by atoms with Gasteiger partial charge in [-0.05, 0) is 44.0 Å². The van der Waals surface area contributed by atoms with Gasteiger partial charge in [-0.15, -0.1) is 0 Å².